The number of hydrogen-bond acceptors (Lipinski definition) is 5. The second-order valence-corrected chi connectivity index (χ2v) is 11.8. The summed E-state index contributed by atoms with van der Waals surface area (Å²) in [5.74, 6) is -1.43. The number of fused-ring (bicyclic) bond motifs is 2. The highest BCUT2D eigenvalue weighted by Crippen LogP contribution is 2.25. The first-order valence-corrected chi connectivity index (χ1v) is 15.0. The molecule has 0 fully saturated rings. The SMILES string of the molecule is O=C(Nc1ccc(-c2ccc(S(=O)(=O)N[C@@H](Cc3ccc4ccccc4c3)C(=O)O)cc2)cc1)c1cc2ccccc2o1. The lowest BCUT2D eigenvalue weighted by molar-refractivity contribution is -0.138. The molecule has 3 N–H and O–H groups in total. The smallest absolute Gasteiger partial charge is 0.322 e. The standard InChI is InChI=1S/C34H26N2O6S/c37-33(32-21-27-7-3-4-8-31(27)42-32)35-28-15-11-24(12-16-28)25-13-17-29(18-14-25)43(40,41)36-30(34(38)39)20-22-9-10-23-5-1-2-6-26(23)19-22/h1-19,21,30,36H,20H2,(H,35,37)(H,38,39)/t30-/m0/s1. The molecule has 6 aromatic rings. The minimum atomic E-state index is -4.11. The fourth-order valence-corrected chi connectivity index (χ4v) is 6.08. The molecular formula is C34H26N2O6S. The summed E-state index contributed by atoms with van der Waals surface area (Å²) in [6.45, 7) is 0. The van der Waals surface area contributed by atoms with Crippen LogP contribution in [0.4, 0.5) is 5.69 Å². The molecule has 0 saturated carbocycles. The number of furan rings is 1. The highest BCUT2D eigenvalue weighted by atomic mass is 32.2. The molecule has 0 radical (unpaired) electrons. The highest BCUT2D eigenvalue weighted by molar-refractivity contribution is 7.89. The lowest BCUT2D eigenvalue weighted by Crippen LogP contribution is -2.42. The number of carboxylic acid groups (broad SMARTS) is 1. The van der Waals surface area contributed by atoms with Crippen LogP contribution >= 0.6 is 0 Å². The third-order valence-electron chi connectivity index (χ3n) is 7.14. The predicted octanol–water partition coefficient (Wildman–Crippen LogP) is 6.48. The van der Waals surface area contributed by atoms with Gasteiger partial charge in [-0.3, -0.25) is 9.59 Å². The Hall–Kier alpha value is -5.25. The summed E-state index contributed by atoms with van der Waals surface area (Å²) in [5.41, 5.74) is 3.47. The Kier molecular flexibility index (Phi) is 7.50. The molecule has 214 valence electrons. The molecule has 0 aliphatic carbocycles. The van der Waals surface area contributed by atoms with Crippen LogP contribution in [-0.4, -0.2) is 31.4 Å². The van der Waals surface area contributed by atoms with Crippen LogP contribution in [0.15, 0.2) is 131 Å². The molecule has 1 heterocycles. The summed E-state index contributed by atoms with van der Waals surface area (Å²) in [4.78, 5) is 24.6. The van der Waals surface area contributed by atoms with Crippen molar-refractivity contribution >= 4 is 49.3 Å². The fourth-order valence-electron chi connectivity index (χ4n) is 4.90. The molecule has 43 heavy (non-hydrogen) atoms. The van der Waals surface area contributed by atoms with Crippen molar-refractivity contribution in [3.05, 3.63) is 133 Å². The quantitative estimate of drug-likeness (QED) is 0.177. The van der Waals surface area contributed by atoms with Gasteiger partial charge < -0.3 is 14.8 Å². The molecule has 0 saturated heterocycles. The number of para-hydroxylation sites is 1. The summed E-state index contributed by atoms with van der Waals surface area (Å²) in [6, 6.07) is 34.2. The maximum Gasteiger partial charge on any atom is 0.322 e. The first-order valence-electron chi connectivity index (χ1n) is 13.5. The number of anilines is 1. The zero-order valence-electron chi connectivity index (χ0n) is 22.7. The number of aliphatic carboxylic acids is 1. The van der Waals surface area contributed by atoms with E-state index >= 15 is 0 Å². The number of amides is 1. The van der Waals surface area contributed by atoms with Gasteiger partial charge in [-0.15, -0.1) is 0 Å². The normalized spacial score (nSPS) is 12.3. The number of carbonyl (C=O) groups is 2. The number of carbonyl (C=O) groups excluding carboxylic acids is 1. The van der Waals surface area contributed by atoms with E-state index in [9.17, 15) is 23.1 Å². The zero-order valence-corrected chi connectivity index (χ0v) is 23.5. The number of benzene rings is 5. The second kappa shape index (κ2) is 11.6. The number of carboxylic acids is 1. The van der Waals surface area contributed by atoms with Crippen molar-refractivity contribution in [2.45, 2.75) is 17.4 Å². The van der Waals surface area contributed by atoms with Gasteiger partial charge in [-0.25, -0.2) is 8.42 Å². The molecule has 1 amide bonds. The molecule has 0 bridgehead atoms. The van der Waals surface area contributed by atoms with Crippen LogP contribution in [0.1, 0.15) is 16.1 Å². The van der Waals surface area contributed by atoms with E-state index in [0.29, 0.717) is 16.8 Å². The minimum absolute atomic E-state index is 0.00326. The van der Waals surface area contributed by atoms with Gasteiger partial charge in [0.25, 0.3) is 5.91 Å². The lowest BCUT2D eigenvalue weighted by atomic mass is 10.0. The Morgan fingerprint density at radius 1 is 0.721 bits per heavy atom. The minimum Gasteiger partial charge on any atom is -0.480 e. The third kappa shape index (κ3) is 6.18. The zero-order chi connectivity index (χ0) is 30.0. The first kappa shape index (κ1) is 27.9. The third-order valence-corrected chi connectivity index (χ3v) is 8.63. The van der Waals surface area contributed by atoms with Crippen molar-refractivity contribution in [2.75, 3.05) is 5.32 Å². The average molecular weight is 591 g/mol. The van der Waals surface area contributed by atoms with Gasteiger partial charge in [0.05, 0.1) is 4.90 Å². The van der Waals surface area contributed by atoms with Crippen LogP contribution in [0.3, 0.4) is 0 Å². The Bertz CT molecular complexity index is 2030. The first-order chi connectivity index (χ1) is 20.7. The van der Waals surface area contributed by atoms with E-state index in [1.165, 1.54) is 12.1 Å². The molecule has 1 atom stereocenters. The number of rotatable bonds is 9. The summed E-state index contributed by atoms with van der Waals surface area (Å²) >= 11 is 0. The number of hydrogen-bond donors (Lipinski definition) is 3. The van der Waals surface area contributed by atoms with Gasteiger partial charge in [-0.05, 0) is 70.3 Å². The Morgan fingerprint density at radius 3 is 2.02 bits per heavy atom. The largest absolute Gasteiger partial charge is 0.480 e. The van der Waals surface area contributed by atoms with Crippen LogP contribution in [0.25, 0.3) is 32.9 Å². The molecule has 0 aliphatic heterocycles. The Balaban J connectivity index is 1.12. The van der Waals surface area contributed by atoms with Crippen molar-refractivity contribution in [1.82, 2.24) is 4.72 Å². The van der Waals surface area contributed by atoms with E-state index in [1.807, 2.05) is 54.6 Å². The van der Waals surface area contributed by atoms with Crippen molar-refractivity contribution in [2.24, 2.45) is 0 Å². The topological polar surface area (TPSA) is 126 Å². The molecule has 9 heteroatoms. The van der Waals surface area contributed by atoms with Gasteiger partial charge in [-0.2, -0.15) is 4.72 Å². The van der Waals surface area contributed by atoms with Gasteiger partial charge in [-0.1, -0.05) is 84.9 Å². The molecule has 8 nitrogen and oxygen atoms in total. The second-order valence-electron chi connectivity index (χ2n) is 10.1. The van der Waals surface area contributed by atoms with E-state index < -0.39 is 22.0 Å². The molecule has 0 unspecified atom stereocenters. The van der Waals surface area contributed by atoms with Crippen LogP contribution in [0.2, 0.25) is 0 Å². The van der Waals surface area contributed by atoms with Crippen molar-refractivity contribution < 1.29 is 27.5 Å². The van der Waals surface area contributed by atoms with Crippen molar-refractivity contribution in [3.8, 4) is 11.1 Å². The lowest BCUT2D eigenvalue weighted by Gasteiger charge is -2.16. The summed E-state index contributed by atoms with van der Waals surface area (Å²) in [5, 5.41) is 15.4. The maximum atomic E-state index is 13.1. The van der Waals surface area contributed by atoms with Gasteiger partial charge >= 0.3 is 5.97 Å². The molecule has 6 rings (SSSR count). The number of sulfonamides is 1. The predicted molar refractivity (Wildman–Crippen MR) is 165 cm³/mol. The van der Waals surface area contributed by atoms with E-state index in [2.05, 4.69) is 10.0 Å². The number of nitrogens with one attached hydrogen (secondary N) is 2. The van der Waals surface area contributed by atoms with Crippen LogP contribution in [0, 0.1) is 0 Å². The Morgan fingerprint density at radius 2 is 1.35 bits per heavy atom. The molecule has 5 aromatic carbocycles. The van der Waals surface area contributed by atoms with E-state index in [4.69, 9.17) is 4.42 Å². The van der Waals surface area contributed by atoms with E-state index in [0.717, 1.165) is 27.3 Å². The van der Waals surface area contributed by atoms with Gasteiger partial charge in [0.15, 0.2) is 5.76 Å². The van der Waals surface area contributed by atoms with E-state index in [-0.39, 0.29) is 23.0 Å². The Labute approximate surface area is 247 Å². The summed E-state index contributed by atoms with van der Waals surface area (Å²) in [7, 11) is -4.11. The monoisotopic (exact) mass is 590 g/mol. The maximum absolute atomic E-state index is 13.1. The molecule has 0 spiro atoms. The molecule has 1 aromatic heterocycles. The summed E-state index contributed by atoms with van der Waals surface area (Å²) in [6.07, 6.45) is -0.00326. The van der Waals surface area contributed by atoms with Crippen molar-refractivity contribution in [1.29, 1.82) is 0 Å². The van der Waals surface area contributed by atoms with Gasteiger partial charge in [0.1, 0.15) is 11.6 Å². The van der Waals surface area contributed by atoms with Crippen LogP contribution < -0.4 is 10.0 Å². The summed E-state index contributed by atoms with van der Waals surface area (Å²) < 4.78 is 34.1. The molecular weight excluding hydrogens is 564 g/mol. The van der Waals surface area contributed by atoms with Crippen molar-refractivity contribution in [3.63, 3.8) is 0 Å². The average Bonchev–Trinajstić information content (AvgIpc) is 3.46. The highest BCUT2D eigenvalue weighted by Gasteiger charge is 2.26. The molecule has 0 aliphatic rings. The van der Waals surface area contributed by atoms with Crippen LogP contribution in [-0.2, 0) is 21.2 Å². The van der Waals surface area contributed by atoms with Crippen LogP contribution in [0.5, 0.6) is 0 Å². The van der Waals surface area contributed by atoms with Gasteiger partial charge in [0, 0.05) is 11.1 Å². The van der Waals surface area contributed by atoms with E-state index in [1.54, 1.807) is 54.6 Å². The fraction of sp³-hybridized carbons (Fsp3) is 0.0588. The van der Waals surface area contributed by atoms with Gasteiger partial charge in [0.2, 0.25) is 10.0 Å².